The second-order valence-corrected chi connectivity index (χ2v) is 5.15. The molecule has 15 heavy (non-hydrogen) atoms. The van der Waals surface area contributed by atoms with E-state index in [0.29, 0.717) is 13.2 Å². The molecule has 4 heteroatoms. The topological polar surface area (TPSA) is 55.6 Å². The van der Waals surface area contributed by atoms with Crippen LogP contribution >= 0.6 is 0 Å². The van der Waals surface area contributed by atoms with E-state index in [-0.39, 0.29) is 23.3 Å². The molecule has 1 amide bonds. The summed E-state index contributed by atoms with van der Waals surface area (Å²) in [5.41, 5.74) is 5.89. The minimum absolute atomic E-state index is 0.0324. The predicted octanol–water partition coefficient (Wildman–Crippen LogP) is 0.219. The minimum atomic E-state index is -0.0324. The molecule has 2 atom stereocenters. The first kappa shape index (κ1) is 10.9. The minimum Gasteiger partial charge on any atom is -0.378 e. The highest BCUT2D eigenvalue weighted by Gasteiger charge is 2.51. The van der Waals surface area contributed by atoms with E-state index in [9.17, 15) is 4.79 Å². The summed E-state index contributed by atoms with van der Waals surface area (Å²) >= 11 is 0. The molecule has 0 aromatic rings. The van der Waals surface area contributed by atoms with Crippen molar-refractivity contribution in [1.82, 2.24) is 4.90 Å². The van der Waals surface area contributed by atoms with Crippen molar-refractivity contribution in [2.45, 2.75) is 26.3 Å². The Labute approximate surface area is 90.8 Å². The van der Waals surface area contributed by atoms with Crippen molar-refractivity contribution in [3.63, 3.8) is 0 Å². The fraction of sp³-hybridized carbons (Fsp3) is 0.909. The number of nitrogens with zero attached hydrogens (tertiary/aromatic N) is 1. The number of amides is 1. The number of rotatable bonds is 1. The van der Waals surface area contributed by atoms with Crippen molar-refractivity contribution in [1.29, 1.82) is 0 Å². The van der Waals surface area contributed by atoms with E-state index in [2.05, 4.69) is 13.8 Å². The van der Waals surface area contributed by atoms with Crippen LogP contribution in [0.1, 0.15) is 20.3 Å². The van der Waals surface area contributed by atoms with Crippen LogP contribution in [0.4, 0.5) is 0 Å². The molecule has 0 radical (unpaired) electrons. The number of carbonyl (C=O) groups excluding carboxylic acids is 1. The van der Waals surface area contributed by atoms with E-state index in [1.165, 1.54) is 0 Å². The molecule has 1 saturated heterocycles. The summed E-state index contributed by atoms with van der Waals surface area (Å²) < 4.78 is 5.24. The summed E-state index contributed by atoms with van der Waals surface area (Å²) in [7, 11) is 0. The van der Waals surface area contributed by atoms with Crippen LogP contribution in [0, 0.1) is 11.3 Å². The lowest BCUT2D eigenvalue weighted by atomic mass is 9.58. The fourth-order valence-corrected chi connectivity index (χ4v) is 2.38. The number of ether oxygens (including phenoxy) is 1. The first-order valence-corrected chi connectivity index (χ1v) is 5.65. The van der Waals surface area contributed by atoms with E-state index in [1.54, 1.807) is 0 Å². The normalized spacial score (nSPS) is 34.7. The molecule has 2 N–H and O–H groups in total. The second-order valence-electron chi connectivity index (χ2n) is 5.15. The molecular weight excluding hydrogens is 192 g/mol. The van der Waals surface area contributed by atoms with Gasteiger partial charge in [-0.25, -0.2) is 0 Å². The predicted molar refractivity (Wildman–Crippen MR) is 57.3 cm³/mol. The summed E-state index contributed by atoms with van der Waals surface area (Å²) in [6, 6.07) is 0.174. The van der Waals surface area contributed by atoms with Crippen LogP contribution in [0.25, 0.3) is 0 Å². The van der Waals surface area contributed by atoms with Crippen LogP contribution in [-0.4, -0.2) is 43.2 Å². The number of nitrogens with two attached hydrogens (primary N) is 1. The van der Waals surface area contributed by atoms with Crippen molar-refractivity contribution in [3.8, 4) is 0 Å². The Bertz CT molecular complexity index is 259. The molecule has 4 nitrogen and oxygen atoms in total. The molecule has 1 unspecified atom stereocenters. The molecule has 0 aromatic carbocycles. The van der Waals surface area contributed by atoms with Gasteiger partial charge in [0, 0.05) is 25.0 Å². The van der Waals surface area contributed by atoms with Crippen LogP contribution in [0.5, 0.6) is 0 Å². The molecular formula is C11H20N2O2. The average Bonchev–Trinajstić information content (AvgIpc) is 2.26. The summed E-state index contributed by atoms with van der Waals surface area (Å²) in [5, 5.41) is 0. The Balaban J connectivity index is 1.96. The first-order valence-electron chi connectivity index (χ1n) is 5.65. The smallest absolute Gasteiger partial charge is 0.226 e. The molecule has 1 aliphatic heterocycles. The van der Waals surface area contributed by atoms with Crippen LogP contribution in [0.3, 0.4) is 0 Å². The Morgan fingerprint density at radius 3 is 2.47 bits per heavy atom. The van der Waals surface area contributed by atoms with E-state index >= 15 is 0 Å². The second kappa shape index (κ2) is 3.76. The van der Waals surface area contributed by atoms with Crippen LogP contribution < -0.4 is 5.73 Å². The van der Waals surface area contributed by atoms with Crippen LogP contribution in [-0.2, 0) is 9.53 Å². The van der Waals surface area contributed by atoms with Gasteiger partial charge in [0.25, 0.3) is 0 Å². The van der Waals surface area contributed by atoms with Gasteiger partial charge >= 0.3 is 0 Å². The molecule has 2 aliphatic rings. The molecule has 0 aromatic heterocycles. The molecule has 0 spiro atoms. The van der Waals surface area contributed by atoms with Crippen molar-refractivity contribution in [2.75, 3.05) is 26.3 Å². The van der Waals surface area contributed by atoms with Gasteiger partial charge in [-0.15, -0.1) is 0 Å². The number of carbonyl (C=O) groups is 1. The molecule has 1 heterocycles. The first-order chi connectivity index (χ1) is 7.03. The molecule has 1 saturated carbocycles. The molecule has 1 aliphatic carbocycles. The van der Waals surface area contributed by atoms with Gasteiger partial charge in [-0.2, -0.15) is 0 Å². The third-order valence-electron chi connectivity index (χ3n) is 3.96. The van der Waals surface area contributed by atoms with Crippen molar-refractivity contribution in [2.24, 2.45) is 17.1 Å². The molecule has 0 bridgehead atoms. The van der Waals surface area contributed by atoms with Crippen LogP contribution in [0.15, 0.2) is 0 Å². The van der Waals surface area contributed by atoms with Gasteiger partial charge in [0.2, 0.25) is 5.91 Å². The van der Waals surface area contributed by atoms with Gasteiger partial charge in [0.15, 0.2) is 0 Å². The molecule has 86 valence electrons. The lowest BCUT2D eigenvalue weighted by molar-refractivity contribution is -0.151. The lowest BCUT2D eigenvalue weighted by Gasteiger charge is -2.50. The number of hydrogen-bond acceptors (Lipinski definition) is 3. The average molecular weight is 212 g/mol. The van der Waals surface area contributed by atoms with Crippen molar-refractivity contribution >= 4 is 5.91 Å². The van der Waals surface area contributed by atoms with Gasteiger partial charge in [0.05, 0.1) is 13.2 Å². The van der Waals surface area contributed by atoms with Gasteiger partial charge in [-0.05, 0) is 11.8 Å². The lowest BCUT2D eigenvalue weighted by Crippen LogP contribution is -2.60. The van der Waals surface area contributed by atoms with E-state index in [0.717, 1.165) is 19.5 Å². The monoisotopic (exact) mass is 212 g/mol. The Morgan fingerprint density at radius 1 is 1.40 bits per heavy atom. The number of hydrogen-bond donors (Lipinski definition) is 1. The molecule has 2 rings (SSSR count). The highest BCUT2D eigenvalue weighted by molar-refractivity contribution is 5.81. The number of morpholine rings is 1. The maximum atomic E-state index is 12.2. The fourth-order valence-electron chi connectivity index (χ4n) is 2.38. The van der Waals surface area contributed by atoms with Crippen LogP contribution in [0.2, 0.25) is 0 Å². The van der Waals surface area contributed by atoms with E-state index in [4.69, 9.17) is 10.5 Å². The molecule has 2 fully saturated rings. The Morgan fingerprint density at radius 2 is 2.00 bits per heavy atom. The van der Waals surface area contributed by atoms with Gasteiger partial charge in [0.1, 0.15) is 0 Å². The van der Waals surface area contributed by atoms with Gasteiger partial charge < -0.3 is 15.4 Å². The SMILES string of the molecule is CC1(C)C(N)C[C@@H]1C(=O)N1CCOCC1. The van der Waals surface area contributed by atoms with Gasteiger partial charge in [-0.1, -0.05) is 13.8 Å². The third-order valence-corrected chi connectivity index (χ3v) is 3.96. The Hall–Kier alpha value is -0.610. The largest absolute Gasteiger partial charge is 0.378 e. The maximum Gasteiger partial charge on any atom is 0.226 e. The highest BCUT2D eigenvalue weighted by Crippen LogP contribution is 2.45. The maximum absolute atomic E-state index is 12.2. The zero-order valence-corrected chi connectivity index (χ0v) is 9.53. The zero-order valence-electron chi connectivity index (χ0n) is 9.53. The quantitative estimate of drug-likeness (QED) is 0.676. The van der Waals surface area contributed by atoms with Crippen molar-refractivity contribution in [3.05, 3.63) is 0 Å². The standard InChI is InChI=1S/C11H20N2O2/c1-11(2)8(7-9(11)12)10(14)13-3-5-15-6-4-13/h8-9H,3-7,12H2,1-2H3/t8-,9?/m1/s1. The summed E-state index contributed by atoms with van der Waals surface area (Å²) in [6.45, 7) is 6.99. The highest BCUT2D eigenvalue weighted by atomic mass is 16.5. The van der Waals surface area contributed by atoms with Crippen molar-refractivity contribution < 1.29 is 9.53 Å². The zero-order chi connectivity index (χ0) is 11.1. The van der Waals surface area contributed by atoms with E-state index < -0.39 is 0 Å². The summed E-state index contributed by atoms with van der Waals surface area (Å²) in [5.74, 6) is 0.385. The summed E-state index contributed by atoms with van der Waals surface area (Å²) in [4.78, 5) is 14.1. The summed E-state index contributed by atoms with van der Waals surface area (Å²) in [6.07, 6.45) is 0.836. The third kappa shape index (κ3) is 1.76. The van der Waals surface area contributed by atoms with Gasteiger partial charge in [-0.3, -0.25) is 4.79 Å². The Kier molecular flexibility index (Phi) is 2.73. The van der Waals surface area contributed by atoms with E-state index in [1.807, 2.05) is 4.90 Å².